The fourth-order valence-corrected chi connectivity index (χ4v) is 2.83. The van der Waals surface area contributed by atoms with Crippen LogP contribution in [0.15, 0.2) is 18.2 Å². The van der Waals surface area contributed by atoms with E-state index in [1.165, 1.54) is 0 Å². The fraction of sp³-hybridized carbons (Fsp3) is 0.444. The van der Waals surface area contributed by atoms with E-state index in [0.717, 1.165) is 24.6 Å². The second-order valence-corrected chi connectivity index (χ2v) is 6.14. The fourth-order valence-electron chi connectivity index (χ4n) is 2.83. The van der Waals surface area contributed by atoms with Crippen LogP contribution in [-0.2, 0) is 21.9 Å². The molecule has 1 aromatic carbocycles. The van der Waals surface area contributed by atoms with E-state index in [9.17, 15) is 35.9 Å². The molecule has 0 aliphatic carbocycles. The number of benzene rings is 1. The first-order valence-electron chi connectivity index (χ1n) is 8.43. The van der Waals surface area contributed by atoms with Gasteiger partial charge in [0.05, 0.1) is 11.1 Å². The van der Waals surface area contributed by atoms with Gasteiger partial charge in [-0.05, 0) is 30.5 Å². The summed E-state index contributed by atoms with van der Waals surface area (Å²) in [4.78, 5) is 24.8. The molecule has 10 heteroatoms. The molecule has 0 saturated carbocycles. The van der Waals surface area contributed by atoms with Gasteiger partial charge in [-0.1, -0.05) is 12.1 Å². The molecular formula is C18H17F6N2O2. The Hall–Kier alpha value is -2.52. The zero-order chi connectivity index (χ0) is 20.9. The van der Waals surface area contributed by atoms with Crippen LogP contribution in [0.5, 0.6) is 0 Å². The minimum Gasteiger partial charge on any atom is -0.352 e. The van der Waals surface area contributed by atoms with E-state index < -0.39 is 35.0 Å². The van der Waals surface area contributed by atoms with Crippen molar-refractivity contribution in [3.05, 3.63) is 41.0 Å². The summed E-state index contributed by atoms with van der Waals surface area (Å²) >= 11 is 0. The number of carbonyl (C=O) groups is 2. The van der Waals surface area contributed by atoms with Crippen LogP contribution in [0, 0.1) is 6.07 Å². The highest BCUT2D eigenvalue weighted by Crippen LogP contribution is 2.42. The molecule has 0 bridgehead atoms. The number of nitrogens with one attached hydrogen (secondary N) is 1. The third kappa shape index (κ3) is 5.74. The molecule has 1 aromatic rings. The molecule has 0 aromatic heterocycles. The summed E-state index contributed by atoms with van der Waals surface area (Å²) in [6.07, 6.45) is -7.34. The molecule has 1 radical (unpaired) electrons. The number of rotatable bonds is 6. The molecule has 4 nitrogen and oxygen atoms in total. The van der Waals surface area contributed by atoms with Crippen LogP contribution in [0.25, 0.3) is 6.08 Å². The molecule has 1 aliphatic heterocycles. The molecule has 2 amide bonds. The number of amides is 2. The Bertz CT molecular complexity index is 755. The van der Waals surface area contributed by atoms with Crippen molar-refractivity contribution in [3.8, 4) is 0 Å². The lowest BCUT2D eigenvalue weighted by Gasteiger charge is -2.17. The van der Waals surface area contributed by atoms with Gasteiger partial charge in [-0.3, -0.25) is 9.59 Å². The summed E-state index contributed by atoms with van der Waals surface area (Å²) < 4.78 is 77.9. The first-order chi connectivity index (χ1) is 13.0. The van der Waals surface area contributed by atoms with Gasteiger partial charge in [-0.15, -0.1) is 0 Å². The Kier molecular flexibility index (Phi) is 6.73. The van der Waals surface area contributed by atoms with Gasteiger partial charge in [-0.2, -0.15) is 26.3 Å². The Labute approximate surface area is 157 Å². The molecule has 1 N–H and O–H groups in total. The van der Waals surface area contributed by atoms with E-state index in [2.05, 4.69) is 5.32 Å². The topological polar surface area (TPSA) is 49.4 Å². The quantitative estimate of drug-likeness (QED) is 0.445. The molecular weight excluding hydrogens is 390 g/mol. The maximum Gasteiger partial charge on any atom is 0.417 e. The Balaban J connectivity index is 2.01. The first kappa shape index (κ1) is 21.8. The van der Waals surface area contributed by atoms with Gasteiger partial charge in [0.1, 0.15) is 0 Å². The minimum absolute atomic E-state index is 0.0345. The molecule has 1 aliphatic rings. The Morgan fingerprint density at radius 2 is 1.93 bits per heavy atom. The lowest BCUT2D eigenvalue weighted by molar-refractivity contribution is -0.162. The van der Waals surface area contributed by atoms with E-state index in [4.69, 9.17) is 0 Å². The standard InChI is InChI=1S/C18H17F6N2O2/c19-17(20,21)13-5-1-4-12(16(13)18(22,23)24)7-8-14(27)25-9-3-11-26-10-2-6-15(26)28/h1,4,7-8H,2-3,6,9-11H2,(H,25,27)/b8-7+. The van der Waals surface area contributed by atoms with Crippen molar-refractivity contribution in [1.82, 2.24) is 10.2 Å². The minimum atomic E-state index is -5.26. The van der Waals surface area contributed by atoms with Crippen molar-refractivity contribution in [1.29, 1.82) is 0 Å². The van der Waals surface area contributed by atoms with E-state index in [-0.39, 0.29) is 12.5 Å². The van der Waals surface area contributed by atoms with Crippen LogP contribution in [0.3, 0.4) is 0 Å². The summed E-state index contributed by atoms with van der Waals surface area (Å²) in [5.41, 5.74) is -4.60. The van der Waals surface area contributed by atoms with Crippen LogP contribution in [0.2, 0.25) is 0 Å². The summed E-state index contributed by atoms with van der Waals surface area (Å²) in [5, 5.41) is 2.42. The van der Waals surface area contributed by atoms with E-state index >= 15 is 0 Å². The summed E-state index contributed by atoms with van der Waals surface area (Å²) in [6.45, 7) is 1.28. The number of halogens is 6. The summed E-state index contributed by atoms with van der Waals surface area (Å²) in [6, 6.07) is 3.10. The first-order valence-corrected chi connectivity index (χ1v) is 8.43. The van der Waals surface area contributed by atoms with Crippen LogP contribution in [0.1, 0.15) is 36.0 Å². The maximum absolute atomic E-state index is 13.1. The summed E-state index contributed by atoms with van der Waals surface area (Å²) in [7, 11) is 0. The number of nitrogens with zero attached hydrogens (tertiary/aromatic N) is 1. The van der Waals surface area contributed by atoms with E-state index in [0.29, 0.717) is 32.0 Å². The third-order valence-corrected chi connectivity index (χ3v) is 4.09. The highest BCUT2D eigenvalue weighted by Gasteiger charge is 2.44. The van der Waals surface area contributed by atoms with Crippen molar-refractivity contribution in [2.75, 3.05) is 19.6 Å². The highest BCUT2D eigenvalue weighted by molar-refractivity contribution is 5.92. The van der Waals surface area contributed by atoms with Crippen LogP contribution in [0.4, 0.5) is 26.3 Å². The molecule has 0 spiro atoms. The second-order valence-electron chi connectivity index (χ2n) is 6.14. The van der Waals surface area contributed by atoms with Gasteiger partial charge in [-0.25, -0.2) is 0 Å². The van der Waals surface area contributed by atoms with Crippen LogP contribution in [-0.4, -0.2) is 36.3 Å². The van der Waals surface area contributed by atoms with E-state index in [1.807, 2.05) is 0 Å². The Morgan fingerprint density at radius 3 is 2.50 bits per heavy atom. The lowest BCUT2D eigenvalue weighted by atomic mass is 9.99. The van der Waals surface area contributed by atoms with E-state index in [1.54, 1.807) is 11.0 Å². The number of likely N-dealkylation sites (tertiary alicyclic amines) is 1. The molecule has 0 atom stereocenters. The lowest BCUT2D eigenvalue weighted by Crippen LogP contribution is -2.30. The molecule has 28 heavy (non-hydrogen) atoms. The Morgan fingerprint density at radius 1 is 1.21 bits per heavy atom. The zero-order valence-electron chi connectivity index (χ0n) is 14.6. The van der Waals surface area contributed by atoms with Crippen molar-refractivity contribution < 1.29 is 35.9 Å². The van der Waals surface area contributed by atoms with Crippen molar-refractivity contribution in [2.24, 2.45) is 0 Å². The predicted octanol–water partition coefficient (Wildman–Crippen LogP) is 3.67. The monoisotopic (exact) mass is 407 g/mol. The largest absolute Gasteiger partial charge is 0.417 e. The molecule has 1 heterocycles. The molecule has 1 fully saturated rings. The SMILES string of the molecule is O=C(/C=C/c1cc[c]c(C(F)(F)F)c1C(F)(F)F)NCCCN1CCCC1=O. The van der Waals surface area contributed by atoms with Crippen molar-refractivity contribution in [3.63, 3.8) is 0 Å². The van der Waals surface area contributed by atoms with Crippen molar-refractivity contribution in [2.45, 2.75) is 31.6 Å². The summed E-state index contributed by atoms with van der Waals surface area (Å²) in [5.74, 6) is -0.713. The second kappa shape index (κ2) is 8.66. The average molecular weight is 407 g/mol. The third-order valence-electron chi connectivity index (χ3n) is 4.09. The van der Waals surface area contributed by atoms with Gasteiger partial charge in [0.2, 0.25) is 11.8 Å². The van der Waals surface area contributed by atoms with Crippen LogP contribution >= 0.6 is 0 Å². The average Bonchev–Trinajstić information content (AvgIpc) is 3.00. The van der Waals surface area contributed by atoms with Crippen LogP contribution < -0.4 is 5.32 Å². The highest BCUT2D eigenvalue weighted by atomic mass is 19.4. The van der Waals surface area contributed by atoms with Gasteiger partial charge >= 0.3 is 12.4 Å². The maximum atomic E-state index is 13.1. The molecule has 0 unspecified atom stereocenters. The van der Waals surface area contributed by atoms with Gasteiger partial charge in [0.15, 0.2) is 0 Å². The predicted molar refractivity (Wildman–Crippen MR) is 87.8 cm³/mol. The number of alkyl halides is 6. The van der Waals surface area contributed by atoms with Gasteiger partial charge in [0.25, 0.3) is 0 Å². The van der Waals surface area contributed by atoms with Gasteiger partial charge in [0, 0.05) is 32.1 Å². The number of hydrogen-bond acceptors (Lipinski definition) is 2. The normalized spacial score (nSPS) is 15.5. The smallest absolute Gasteiger partial charge is 0.352 e. The van der Waals surface area contributed by atoms with Gasteiger partial charge < -0.3 is 10.2 Å². The number of hydrogen-bond donors (Lipinski definition) is 1. The molecule has 2 rings (SSSR count). The number of carbonyl (C=O) groups excluding carboxylic acids is 2. The molecule has 1 saturated heterocycles. The zero-order valence-corrected chi connectivity index (χ0v) is 14.6. The molecule has 153 valence electrons. The van der Waals surface area contributed by atoms with Crippen molar-refractivity contribution >= 4 is 17.9 Å².